The van der Waals surface area contributed by atoms with Crippen LogP contribution in [0.3, 0.4) is 0 Å². The molecule has 4 aromatic rings. The van der Waals surface area contributed by atoms with Crippen molar-refractivity contribution in [2.45, 2.75) is 17.4 Å². The number of aliphatic hydroxyl groups is 1. The zero-order chi connectivity index (χ0) is 24.8. The number of para-hydroxylation sites is 2. The van der Waals surface area contributed by atoms with Crippen LogP contribution in [0, 0.1) is 11.3 Å². The number of hydrogen-bond donors (Lipinski definition) is 1. The van der Waals surface area contributed by atoms with Gasteiger partial charge in [-0.05, 0) is 43.3 Å². The second kappa shape index (κ2) is 8.20. The Labute approximate surface area is 201 Å². The molecule has 0 aliphatic carbocycles. The van der Waals surface area contributed by atoms with Crippen molar-refractivity contribution in [3.63, 3.8) is 0 Å². The minimum atomic E-state index is -4.51. The number of carbonyl (C=O) groups excluding carboxylic acids is 1. The van der Waals surface area contributed by atoms with Crippen LogP contribution in [0.2, 0.25) is 0 Å². The molecule has 1 amide bonds. The van der Waals surface area contributed by atoms with E-state index < -0.39 is 21.5 Å². The molecule has 9 heteroatoms. The van der Waals surface area contributed by atoms with Crippen molar-refractivity contribution in [2.24, 2.45) is 0 Å². The summed E-state index contributed by atoms with van der Waals surface area (Å²) in [6.45, 7) is 2.01. The summed E-state index contributed by atoms with van der Waals surface area (Å²) in [6.07, 6.45) is 1.47. The lowest BCUT2D eigenvalue weighted by Gasteiger charge is -2.25. The molecule has 0 spiro atoms. The topological polar surface area (TPSA) is 121 Å². The monoisotopic (exact) mass is 485 g/mol. The number of nitriles is 1. The fourth-order valence-corrected chi connectivity index (χ4v) is 6.00. The van der Waals surface area contributed by atoms with Gasteiger partial charge in [-0.25, -0.2) is 8.42 Å². The van der Waals surface area contributed by atoms with Crippen LogP contribution in [0.5, 0.6) is 5.75 Å². The van der Waals surface area contributed by atoms with Crippen molar-refractivity contribution < 1.29 is 23.1 Å². The number of sulfonamides is 1. The van der Waals surface area contributed by atoms with Gasteiger partial charge in [-0.2, -0.15) is 9.57 Å². The molecule has 1 atom stereocenters. The molecule has 174 valence electrons. The van der Waals surface area contributed by atoms with E-state index in [1.165, 1.54) is 36.5 Å². The summed E-state index contributed by atoms with van der Waals surface area (Å²) in [5.74, 6) is -0.868. The normalized spacial score (nSPS) is 17.3. The Morgan fingerprint density at radius 3 is 2.60 bits per heavy atom. The first-order valence-electron chi connectivity index (χ1n) is 10.8. The number of fused-ring (bicyclic) bond motifs is 2. The molecule has 1 aliphatic heterocycles. The maximum Gasteiger partial charge on any atom is 0.282 e. The number of rotatable bonds is 5. The molecule has 3 aromatic carbocycles. The average Bonchev–Trinajstić information content (AvgIpc) is 3.11. The number of benzene rings is 3. The molecular formula is C26H19N3O5S. The minimum Gasteiger partial charge on any atom is -0.493 e. The molecule has 0 saturated heterocycles. The van der Waals surface area contributed by atoms with Crippen LogP contribution in [0.25, 0.3) is 10.9 Å². The third-order valence-corrected chi connectivity index (χ3v) is 7.65. The highest BCUT2D eigenvalue weighted by molar-refractivity contribution is 7.93. The predicted octanol–water partition coefficient (Wildman–Crippen LogP) is 3.48. The van der Waals surface area contributed by atoms with E-state index in [1.807, 2.05) is 6.07 Å². The van der Waals surface area contributed by atoms with Crippen molar-refractivity contribution in [1.29, 1.82) is 5.26 Å². The molecule has 1 unspecified atom stereocenters. The van der Waals surface area contributed by atoms with Crippen LogP contribution >= 0.6 is 0 Å². The standard InChI is InChI=1S/C26H19N3O5S/c1-2-34-22-10-4-3-9-19(22)26(31)20-15-17(16-27)12-13-21(20)29(25(26)30)35(32,33)23-11-5-7-18-8-6-14-28-24(18)23/h3-15,31H,2H2,1H3. The third-order valence-electron chi connectivity index (χ3n) is 5.92. The maximum atomic E-state index is 14.0. The lowest BCUT2D eigenvalue weighted by Crippen LogP contribution is -2.44. The van der Waals surface area contributed by atoms with Crippen molar-refractivity contribution in [3.8, 4) is 11.8 Å². The third kappa shape index (κ3) is 3.26. The first-order chi connectivity index (χ1) is 16.8. The van der Waals surface area contributed by atoms with Gasteiger partial charge >= 0.3 is 0 Å². The van der Waals surface area contributed by atoms with E-state index in [1.54, 1.807) is 49.4 Å². The maximum absolute atomic E-state index is 14.0. The van der Waals surface area contributed by atoms with E-state index in [0.29, 0.717) is 9.69 Å². The van der Waals surface area contributed by atoms with Crippen molar-refractivity contribution in [2.75, 3.05) is 10.9 Å². The number of ether oxygens (including phenoxy) is 1. The van der Waals surface area contributed by atoms with E-state index >= 15 is 0 Å². The molecule has 1 N–H and O–H groups in total. The number of hydrogen-bond acceptors (Lipinski definition) is 7. The number of amides is 1. The lowest BCUT2D eigenvalue weighted by molar-refractivity contribution is -0.131. The second-order valence-corrected chi connectivity index (χ2v) is 9.64. The Bertz CT molecular complexity index is 1640. The molecule has 0 saturated carbocycles. The van der Waals surface area contributed by atoms with E-state index in [0.717, 1.165) is 0 Å². The second-order valence-electron chi connectivity index (χ2n) is 7.89. The largest absolute Gasteiger partial charge is 0.493 e. The fraction of sp³-hybridized carbons (Fsp3) is 0.115. The predicted molar refractivity (Wildman–Crippen MR) is 128 cm³/mol. The average molecular weight is 486 g/mol. The van der Waals surface area contributed by atoms with E-state index in [9.17, 15) is 23.6 Å². The molecule has 0 fully saturated rings. The lowest BCUT2D eigenvalue weighted by atomic mass is 9.86. The van der Waals surface area contributed by atoms with Gasteiger partial charge in [0.15, 0.2) is 0 Å². The number of pyridine rings is 1. The van der Waals surface area contributed by atoms with Gasteiger partial charge in [0.25, 0.3) is 15.9 Å². The molecule has 35 heavy (non-hydrogen) atoms. The Kier molecular flexibility index (Phi) is 5.28. The summed E-state index contributed by atoms with van der Waals surface area (Å²) in [4.78, 5) is 18.0. The van der Waals surface area contributed by atoms with Crippen LogP contribution in [-0.2, 0) is 20.4 Å². The van der Waals surface area contributed by atoms with Crippen molar-refractivity contribution in [3.05, 3.63) is 95.7 Å². The molecule has 5 rings (SSSR count). The Hall–Kier alpha value is -4.26. The summed E-state index contributed by atoms with van der Waals surface area (Å²) in [5.41, 5.74) is -2.03. The van der Waals surface area contributed by atoms with Gasteiger partial charge in [-0.15, -0.1) is 0 Å². The summed E-state index contributed by atoms with van der Waals surface area (Å²) < 4.78 is 34.2. The highest BCUT2D eigenvalue weighted by Gasteiger charge is 2.56. The zero-order valence-electron chi connectivity index (χ0n) is 18.5. The number of anilines is 1. The first-order valence-corrected chi connectivity index (χ1v) is 12.2. The summed E-state index contributed by atoms with van der Waals surface area (Å²) in [5, 5.41) is 22.0. The van der Waals surface area contributed by atoms with E-state index in [-0.39, 0.29) is 45.1 Å². The highest BCUT2D eigenvalue weighted by Crippen LogP contribution is 2.49. The van der Waals surface area contributed by atoms with Crippen LogP contribution in [0.15, 0.2) is 83.9 Å². The fourth-order valence-electron chi connectivity index (χ4n) is 4.37. The molecule has 2 heterocycles. The number of nitrogens with zero attached hydrogens (tertiary/aromatic N) is 3. The van der Waals surface area contributed by atoms with Gasteiger partial charge in [0.1, 0.15) is 10.6 Å². The van der Waals surface area contributed by atoms with E-state index in [2.05, 4.69) is 4.98 Å². The van der Waals surface area contributed by atoms with Gasteiger partial charge in [-0.1, -0.05) is 36.4 Å². The van der Waals surface area contributed by atoms with Gasteiger partial charge in [-0.3, -0.25) is 9.78 Å². The highest BCUT2D eigenvalue weighted by atomic mass is 32.2. The Morgan fingerprint density at radius 1 is 1.06 bits per heavy atom. The van der Waals surface area contributed by atoms with Crippen LogP contribution in [0.1, 0.15) is 23.6 Å². The van der Waals surface area contributed by atoms with Gasteiger partial charge < -0.3 is 9.84 Å². The minimum absolute atomic E-state index is 0.0227. The van der Waals surface area contributed by atoms with Crippen LogP contribution in [0.4, 0.5) is 5.69 Å². The number of carbonyl (C=O) groups is 1. The van der Waals surface area contributed by atoms with Gasteiger partial charge in [0.05, 0.1) is 29.4 Å². The zero-order valence-corrected chi connectivity index (χ0v) is 19.4. The molecule has 1 aliphatic rings. The molecule has 1 aromatic heterocycles. The molecule has 0 radical (unpaired) electrons. The van der Waals surface area contributed by atoms with E-state index in [4.69, 9.17) is 4.74 Å². The number of aromatic nitrogens is 1. The quantitative estimate of drug-likeness (QED) is 0.459. The summed E-state index contributed by atoms with van der Waals surface area (Å²) in [7, 11) is -4.51. The first kappa shape index (κ1) is 22.5. The summed E-state index contributed by atoms with van der Waals surface area (Å²) >= 11 is 0. The smallest absolute Gasteiger partial charge is 0.282 e. The van der Waals surface area contributed by atoms with Crippen molar-refractivity contribution >= 4 is 32.5 Å². The van der Waals surface area contributed by atoms with Crippen LogP contribution < -0.4 is 9.04 Å². The van der Waals surface area contributed by atoms with Crippen LogP contribution in [-0.4, -0.2) is 31.0 Å². The van der Waals surface area contributed by atoms with Crippen molar-refractivity contribution in [1.82, 2.24) is 4.98 Å². The Morgan fingerprint density at radius 2 is 1.83 bits per heavy atom. The Balaban J connectivity index is 1.79. The van der Waals surface area contributed by atoms with Gasteiger partial charge in [0.2, 0.25) is 5.60 Å². The molecule has 0 bridgehead atoms. The summed E-state index contributed by atoms with van der Waals surface area (Å²) in [6, 6.07) is 20.5. The van der Waals surface area contributed by atoms with Gasteiger partial charge in [0, 0.05) is 22.7 Å². The molecular weight excluding hydrogens is 466 g/mol. The molecule has 8 nitrogen and oxygen atoms in total. The SMILES string of the molecule is CCOc1ccccc1C1(O)C(=O)N(S(=O)(=O)c2cccc3cccnc23)c2ccc(C#N)cc21.